The van der Waals surface area contributed by atoms with Gasteiger partial charge in [0, 0.05) is 29.1 Å². The van der Waals surface area contributed by atoms with Crippen molar-refractivity contribution in [1.29, 1.82) is 0 Å². The summed E-state index contributed by atoms with van der Waals surface area (Å²) in [5.41, 5.74) is 1.87. The van der Waals surface area contributed by atoms with Gasteiger partial charge in [-0.3, -0.25) is 4.79 Å². The van der Waals surface area contributed by atoms with Gasteiger partial charge in [-0.15, -0.1) is 10.2 Å². The quantitative estimate of drug-likeness (QED) is 0.704. The van der Waals surface area contributed by atoms with Crippen LogP contribution in [0.2, 0.25) is 5.02 Å². The lowest BCUT2D eigenvalue weighted by molar-refractivity contribution is -0.116. The molecular weight excluding hydrogens is 356 g/mol. The maximum atomic E-state index is 12.1. The van der Waals surface area contributed by atoms with Gasteiger partial charge in [-0.2, -0.15) is 0 Å². The average molecular weight is 373 g/mol. The molecule has 1 N–H and O–H groups in total. The molecule has 0 fully saturated rings. The molecule has 3 aromatic rings. The second-order valence-electron chi connectivity index (χ2n) is 5.53. The molecule has 2 aromatic carbocycles. The number of amides is 1. The monoisotopic (exact) mass is 372 g/mol. The molecule has 0 aliphatic heterocycles. The van der Waals surface area contributed by atoms with E-state index in [0.717, 1.165) is 21.3 Å². The number of nitrogens with zero attached hydrogens (tertiary/aromatic N) is 3. The van der Waals surface area contributed by atoms with E-state index >= 15 is 0 Å². The van der Waals surface area contributed by atoms with E-state index in [9.17, 15) is 4.79 Å². The zero-order chi connectivity index (χ0) is 17.6. The molecule has 0 aliphatic carbocycles. The molecule has 128 valence electrons. The van der Waals surface area contributed by atoms with Gasteiger partial charge in [-0.25, -0.2) is 0 Å². The Labute approximate surface area is 155 Å². The number of carbonyl (C=O) groups excluding carboxylic acids is 1. The van der Waals surface area contributed by atoms with E-state index in [-0.39, 0.29) is 5.91 Å². The van der Waals surface area contributed by atoms with E-state index in [0.29, 0.717) is 17.9 Å². The first-order valence-electron chi connectivity index (χ1n) is 7.76. The Morgan fingerprint density at radius 3 is 2.52 bits per heavy atom. The molecule has 1 aromatic heterocycles. The minimum atomic E-state index is -0.0105. The molecule has 1 amide bonds. The second-order valence-corrected chi connectivity index (χ2v) is 7.00. The van der Waals surface area contributed by atoms with Crippen LogP contribution >= 0.6 is 23.4 Å². The molecule has 0 unspecified atom stereocenters. The van der Waals surface area contributed by atoms with Crippen molar-refractivity contribution in [1.82, 2.24) is 14.8 Å². The van der Waals surface area contributed by atoms with Gasteiger partial charge < -0.3 is 9.88 Å². The van der Waals surface area contributed by atoms with Crippen molar-refractivity contribution in [3.63, 3.8) is 0 Å². The van der Waals surface area contributed by atoms with Crippen molar-refractivity contribution in [3.05, 3.63) is 65.4 Å². The van der Waals surface area contributed by atoms with E-state index in [1.165, 1.54) is 11.8 Å². The summed E-state index contributed by atoms with van der Waals surface area (Å²) in [7, 11) is 1.90. The molecular formula is C18H17ClN4OS. The highest BCUT2D eigenvalue weighted by Gasteiger charge is 2.06. The highest BCUT2D eigenvalue weighted by molar-refractivity contribution is 7.99. The van der Waals surface area contributed by atoms with Gasteiger partial charge >= 0.3 is 0 Å². The van der Waals surface area contributed by atoms with Crippen molar-refractivity contribution >= 4 is 35.0 Å². The second kappa shape index (κ2) is 8.18. The van der Waals surface area contributed by atoms with Gasteiger partial charge in [0.05, 0.1) is 0 Å². The van der Waals surface area contributed by atoms with Crippen molar-refractivity contribution < 1.29 is 4.79 Å². The lowest BCUT2D eigenvalue weighted by atomic mass is 10.1. The maximum Gasteiger partial charge on any atom is 0.224 e. The molecule has 5 nitrogen and oxygen atoms in total. The number of benzene rings is 2. The molecule has 0 aliphatic rings. The lowest BCUT2D eigenvalue weighted by Gasteiger charge is -2.07. The molecule has 1 heterocycles. The fraction of sp³-hybridized carbons (Fsp3) is 0.167. The Kier molecular flexibility index (Phi) is 5.73. The van der Waals surface area contributed by atoms with Crippen LogP contribution in [0.15, 0.2) is 64.9 Å². The summed E-state index contributed by atoms with van der Waals surface area (Å²) in [6.07, 6.45) is 2.78. The van der Waals surface area contributed by atoms with E-state index in [4.69, 9.17) is 11.6 Å². The highest BCUT2D eigenvalue weighted by atomic mass is 35.5. The predicted molar refractivity (Wildman–Crippen MR) is 100.0 cm³/mol. The average Bonchev–Trinajstić information content (AvgIpc) is 3.01. The first-order valence-corrected chi connectivity index (χ1v) is 8.96. The number of nitrogens with one attached hydrogen (secondary N) is 1. The van der Waals surface area contributed by atoms with E-state index in [1.54, 1.807) is 6.33 Å². The SMILES string of the molecule is Cn1cnnc1Sc1ccc(NC(=O)CCc2ccc(Cl)cc2)cc1. The van der Waals surface area contributed by atoms with E-state index in [1.807, 2.05) is 60.1 Å². The third-order valence-corrected chi connectivity index (χ3v) is 4.88. The number of anilines is 1. The first-order chi connectivity index (χ1) is 12.1. The Balaban J connectivity index is 1.51. The van der Waals surface area contributed by atoms with Gasteiger partial charge in [-0.1, -0.05) is 23.7 Å². The van der Waals surface area contributed by atoms with Gasteiger partial charge in [0.15, 0.2) is 5.16 Å². The largest absolute Gasteiger partial charge is 0.326 e. The van der Waals surface area contributed by atoms with Gasteiger partial charge in [-0.05, 0) is 60.1 Å². The third kappa shape index (κ3) is 5.08. The minimum Gasteiger partial charge on any atom is -0.326 e. The Hall–Kier alpha value is -2.31. The van der Waals surface area contributed by atoms with Crippen LogP contribution in [0.5, 0.6) is 0 Å². The predicted octanol–water partition coefficient (Wildman–Crippen LogP) is 4.19. The molecule has 7 heteroatoms. The normalized spacial score (nSPS) is 10.6. The molecule has 0 spiro atoms. The Bertz CT molecular complexity index is 846. The van der Waals surface area contributed by atoms with Gasteiger partial charge in [0.25, 0.3) is 0 Å². The number of rotatable bonds is 6. The van der Waals surface area contributed by atoms with Crippen LogP contribution in [0.25, 0.3) is 0 Å². The summed E-state index contributed by atoms with van der Waals surface area (Å²) in [5, 5.41) is 12.3. The number of hydrogen-bond donors (Lipinski definition) is 1. The third-order valence-electron chi connectivity index (χ3n) is 3.57. The van der Waals surface area contributed by atoms with Crippen LogP contribution < -0.4 is 5.32 Å². The van der Waals surface area contributed by atoms with Crippen LogP contribution in [-0.2, 0) is 18.3 Å². The maximum absolute atomic E-state index is 12.1. The number of carbonyl (C=O) groups is 1. The topological polar surface area (TPSA) is 59.8 Å². The van der Waals surface area contributed by atoms with Gasteiger partial charge in [0.1, 0.15) is 6.33 Å². The zero-order valence-electron chi connectivity index (χ0n) is 13.6. The summed E-state index contributed by atoms with van der Waals surface area (Å²) in [4.78, 5) is 13.1. The Morgan fingerprint density at radius 2 is 1.88 bits per heavy atom. The fourth-order valence-electron chi connectivity index (χ4n) is 2.21. The Morgan fingerprint density at radius 1 is 1.16 bits per heavy atom. The lowest BCUT2D eigenvalue weighted by Crippen LogP contribution is -2.12. The molecule has 0 saturated carbocycles. The summed E-state index contributed by atoms with van der Waals surface area (Å²) >= 11 is 7.38. The molecule has 25 heavy (non-hydrogen) atoms. The summed E-state index contributed by atoms with van der Waals surface area (Å²) in [6, 6.07) is 15.2. The van der Waals surface area contributed by atoms with Crippen molar-refractivity contribution in [2.24, 2.45) is 7.05 Å². The molecule has 0 bridgehead atoms. The number of hydrogen-bond acceptors (Lipinski definition) is 4. The van der Waals surface area contributed by atoms with Gasteiger partial charge in [0.2, 0.25) is 5.91 Å². The van der Waals surface area contributed by atoms with Crippen LogP contribution in [0.1, 0.15) is 12.0 Å². The standard InChI is InChI=1S/C18H17ClN4OS/c1-23-12-20-22-18(23)25-16-9-7-15(8-10-16)21-17(24)11-4-13-2-5-14(19)6-3-13/h2-3,5-10,12H,4,11H2,1H3,(H,21,24). The van der Waals surface area contributed by atoms with Crippen LogP contribution in [0.4, 0.5) is 5.69 Å². The van der Waals surface area contributed by atoms with Crippen molar-refractivity contribution in [3.8, 4) is 0 Å². The summed E-state index contributed by atoms with van der Waals surface area (Å²) in [6.45, 7) is 0. The van der Waals surface area contributed by atoms with E-state index in [2.05, 4.69) is 15.5 Å². The molecule has 3 rings (SSSR count). The fourth-order valence-corrected chi connectivity index (χ4v) is 3.10. The van der Waals surface area contributed by atoms with Crippen LogP contribution in [0, 0.1) is 0 Å². The van der Waals surface area contributed by atoms with Crippen LogP contribution in [0.3, 0.4) is 0 Å². The number of aryl methyl sites for hydroxylation is 2. The minimum absolute atomic E-state index is 0.0105. The van der Waals surface area contributed by atoms with Crippen LogP contribution in [-0.4, -0.2) is 20.7 Å². The molecule has 0 radical (unpaired) electrons. The molecule has 0 atom stereocenters. The summed E-state index contributed by atoms with van der Waals surface area (Å²) in [5.74, 6) is -0.0105. The molecule has 0 saturated heterocycles. The highest BCUT2D eigenvalue weighted by Crippen LogP contribution is 2.26. The van der Waals surface area contributed by atoms with Crippen molar-refractivity contribution in [2.45, 2.75) is 22.9 Å². The number of aromatic nitrogens is 3. The number of halogens is 1. The first kappa shape index (κ1) is 17.5. The van der Waals surface area contributed by atoms with Crippen molar-refractivity contribution in [2.75, 3.05) is 5.32 Å². The smallest absolute Gasteiger partial charge is 0.224 e. The van der Waals surface area contributed by atoms with E-state index < -0.39 is 0 Å². The summed E-state index contributed by atoms with van der Waals surface area (Å²) < 4.78 is 1.86. The zero-order valence-corrected chi connectivity index (χ0v) is 15.2.